The third-order valence-electron chi connectivity index (χ3n) is 8.18. The molecule has 0 aliphatic heterocycles. The van der Waals surface area contributed by atoms with E-state index < -0.39 is 0 Å². The lowest BCUT2D eigenvalue weighted by atomic mass is 9.46. The molecule has 4 aliphatic rings. The van der Waals surface area contributed by atoms with Gasteiger partial charge in [-0.3, -0.25) is 4.79 Å². The highest BCUT2D eigenvalue weighted by Crippen LogP contribution is 2.64. The summed E-state index contributed by atoms with van der Waals surface area (Å²) < 4.78 is 0. The lowest BCUT2D eigenvalue weighted by Crippen LogP contribution is -2.52. The van der Waals surface area contributed by atoms with Crippen LogP contribution in [0.2, 0.25) is 0 Å². The zero-order valence-electron chi connectivity index (χ0n) is 13.6. The Morgan fingerprint density at radius 3 is 2.48 bits per heavy atom. The van der Waals surface area contributed by atoms with Crippen LogP contribution < -0.4 is 0 Å². The molecule has 0 unspecified atom stereocenters. The molecule has 0 aromatic heterocycles. The molecule has 2 heteroatoms. The third kappa shape index (κ3) is 1.90. The number of hydrogen-bond donors (Lipinski definition) is 1. The first kappa shape index (κ1) is 14.2. The standard InChI is InChI=1S/C19H30O2/c1-18-9-7-14-13(15(18)4-3-12(20)11-18)8-10-19(2)16(14)5-6-17(19)21/h12-16,20H,3-11H2,1-2H3/t12-,13-,14+,15-,16-,18+,19-/m0/s1. The maximum atomic E-state index is 12.4. The van der Waals surface area contributed by atoms with Gasteiger partial charge in [-0.2, -0.15) is 0 Å². The normalized spacial score (nSPS) is 56.5. The van der Waals surface area contributed by atoms with E-state index in [1.165, 1.54) is 25.7 Å². The molecule has 0 heterocycles. The van der Waals surface area contributed by atoms with Gasteiger partial charge in [0.15, 0.2) is 0 Å². The zero-order valence-corrected chi connectivity index (χ0v) is 13.6. The number of carbonyl (C=O) groups is 1. The Kier molecular flexibility index (Phi) is 3.10. The second kappa shape index (κ2) is 4.57. The summed E-state index contributed by atoms with van der Waals surface area (Å²) in [7, 11) is 0. The van der Waals surface area contributed by atoms with E-state index in [0.29, 0.717) is 17.1 Å². The summed E-state index contributed by atoms with van der Waals surface area (Å²) in [4.78, 5) is 12.4. The van der Waals surface area contributed by atoms with Crippen LogP contribution in [-0.2, 0) is 4.79 Å². The molecule has 4 saturated carbocycles. The van der Waals surface area contributed by atoms with E-state index in [1.54, 1.807) is 0 Å². The number of Topliss-reactive ketones (excluding diaryl/α,β-unsaturated/α-hetero) is 1. The Bertz CT molecular complexity index is 458. The molecular weight excluding hydrogens is 260 g/mol. The summed E-state index contributed by atoms with van der Waals surface area (Å²) in [6, 6.07) is 0. The van der Waals surface area contributed by atoms with Crippen LogP contribution in [0.1, 0.15) is 71.6 Å². The Morgan fingerprint density at radius 1 is 0.952 bits per heavy atom. The number of aliphatic hydroxyl groups is 1. The lowest BCUT2D eigenvalue weighted by Gasteiger charge is -2.58. The first-order chi connectivity index (χ1) is 9.94. The molecule has 7 atom stereocenters. The number of rotatable bonds is 0. The molecule has 0 aromatic rings. The molecule has 0 aromatic carbocycles. The van der Waals surface area contributed by atoms with Gasteiger partial charge < -0.3 is 5.11 Å². The summed E-state index contributed by atoms with van der Waals surface area (Å²) >= 11 is 0. The van der Waals surface area contributed by atoms with E-state index in [0.717, 1.165) is 49.9 Å². The lowest BCUT2D eigenvalue weighted by molar-refractivity contribution is -0.138. The van der Waals surface area contributed by atoms with Gasteiger partial charge in [-0.1, -0.05) is 13.8 Å². The molecule has 4 aliphatic carbocycles. The van der Waals surface area contributed by atoms with Crippen LogP contribution in [0.5, 0.6) is 0 Å². The molecule has 0 saturated heterocycles. The van der Waals surface area contributed by atoms with E-state index in [9.17, 15) is 9.90 Å². The van der Waals surface area contributed by atoms with Gasteiger partial charge in [-0.25, -0.2) is 0 Å². The molecule has 0 radical (unpaired) electrons. The minimum Gasteiger partial charge on any atom is -0.393 e. The smallest absolute Gasteiger partial charge is 0.139 e. The zero-order chi connectivity index (χ0) is 14.8. The van der Waals surface area contributed by atoms with E-state index in [1.807, 2.05) is 0 Å². The number of aliphatic hydroxyl groups excluding tert-OH is 1. The summed E-state index contributed by atoms with van der Waals surface area (Å²) in [6.45, 7) is 4.70. The minimum atomic E-state index is -0.0651. The summed E-state index contributed by atoms with van der Waals surface area (Å²) in [6.07, 6.45) is 10.1. The van der Waals surface area contributed by atoms with Crippen molar-refractivity contribution in [1.82, 2.24) is 0 Å². The Hall–Kier alpha value is -0.370. The predicted octanol–water partition coefficient (Wildman–Crippen LogP) is 3.96. The fourth-order valence-electron chi connectivity index (χ4n) is 7.03. The average Bonchev–Trinajstić information content (AvgIpc) is 2.73. The molecule has 21 heavy (non-hydrogen) atoms. The molecule has 4 rings (SSSR count). The summed E-state index contributed by atoms with van der Waals surface area (Å²) in [5.74, 6) is 3.65. The fourth-order valence-corrected chi connectivity index (χ4v) is 7.03. The Labute approximate surface area is 128 Å². The van der Waals surface area contributed by atoms with Crippen LogP contribution in [0, 0.1) is 34.5 Å². The monoisotopic (exact) mass is 290 g/mol. The third-order valence-corrected chi connectivity index (χ3v) is 8.18. The topological polar surface area (TPSA) is 37.3 Å². The average molecular weight is 290 g/mol. The first-order valence-corrected chi connectivity index (χ1v) is 9.15. The van der Waals surface area contributed by atoms with Crippen molar-refractivity contribution in [1.29, 1.82) is 0 Å². The van der Waals surface area contributed by atoms with Gasteiger partial charge in [0.1, 0.15) is 5.78 Å². The van der Waals surface area contributed by atoms with Crippen LogP contribution >= 0.6 is 0 Å². The highest BCUT2D eigenvalue weighted by Gasteiger charge is 2.58. The van der Waals surface area contributed by atoms with Gasteiger partial charge in [-0.05, 0) is 80.5 Å². The van der Waals surface area contributed by atoms with Gasteiger partial charge in [0.2, 0.25) is 0 Å². The molecule has 0 spiro atoms. The van der Waals surface area contributed by atoms with E-state index in [-0.39, 0.29) is 11.5 Å². The van der Waals surface area contributed by atoms with Crippen LogP contribution in [0.15, 0.2) is 0 Å². The highest BCUT2D eigenvalue weighted by molar-refractivity contribution is 5.87. The maximum Gasteiger partial charge on any atom is 0.139 e. The largest absolute Gasteiger partial charge is 0.393 e. The van der Waals surface area contributed by atoms with E-state index >= 15 is 0 Å². The van der Waals surface area contributed by atoms with Crippen molar-refractivity contribution in [3.63, 3.8) is 0 Å². The van der Waals surface area contributed by atoms with E-state index in [4.69, 9.17) is 0 Å². The maximum absolute atomic E-state index is 12.4. The van der Waals surface area contributed by atoms with Crippen molar-refractivity contribution in [2.45, 2.75) is 77.7 Å². The molecule has 2 nitrogen and oxygen atoms in total. The first-order valence-electron chi connectivity index (χ1n) is 9.15. The molecule has 4 fully saturated rings. The molecule has 0 amide bonds. The molecular formula is C19H30O2. The van der Waals surface area contributed by atoms with Crippen LogP contribution in [0.3, 0.4) is 0 Å². The van der Waals surface area contributed by atoms with Crippen molar-refractivity contribution >= 4 is 5.78 Å². The quantitative estimate of drug-likeness (QED) is 0.733. The Balaban J connectivity index is 1.62. The van der Waals surface area contributed by atoms with Crippen molar-refractivity contribution in [3.8, 4) is 0 Å². The van der Waals surface area contributed by atoms with Gasteiger partial charge in [0, 0.05) is 11.8 Å². The van der Waals surface area contributed by atoms with Crippen molar-refractivity contribution < 1.29 is 9.90 Å². The SMILES string of the molecule is C[C@]12CC[C@@H]3[C@H](CC[C@]4(C)C(=O)CC[C@@H]34)[C@@H]1CC[C@H](O)C2. The minimum absolute atomic E-state index is 0.0170. The van der Waals surface area contributed by atoms with Crippen LogP contribution in [0.4, 0.5) is 0 Å². The number of fused-ring (bicyclic) bond motifs is 5. The van der Waals surface area contributed by atoms with Gasteiger partial charge in [0.25, 0.3) is 0 Å². The van der Waals surface area contributed by atoms with Crippen molar-refractivity contribution in [3.05, 3.63) is 0 Å². The Morgan fingerprint density at radius 2 is 1.67 bits per heavy atom. The number of carbonyl (C=O) groups excluding carboxylic acids is 1. The summed E-state index contributed by atoms with van der Waals surface area (Å²) in [5.41, 5.74) is 0.387. The van der Waals surface area contributed by atoms with Gasteiger partial charge in [0.05, 0.1) is 6.10 Å². The molecule has 1 N–H and O–H groups in total. The van der Waals surface area contributed by atoms with Crippen molar-refractivity contribution in [2.75, 3.05) is 0 Å². The molecule has 0 bridgehead atoms. The van der Waals surface area contributed by atoms with Crippen LogP contribution in [0.25, 0.3) is 0 Å². The number of ketones is 1. The summed E-state index contributed by atoms with van der Waals surface area (Å²) in [5, 5.41) is 10.1. The fraction of sp³-hybridized carbons (Fsp3) is 0.947. The van der Waals surface area contributed by atoms with E-state index in [2.05, 4.69) is 13.8 Å². The van der Waals surface area contributed by atoms with Gasteiger partial charge >= 0.3 is 0 Å². The van der Waals surface area contributed by atoms with Gasteiger partial charge in [-0.15, -0.1) is 0 Å². The second-order valence-corrected chi connectivity index (χ2v) is 9.09. The number of hydrogen-bond acceptors (Lipinski definition) is 2. The predicted molar refractivity (Wildman–Crippen MR) is 82.7 cm³/mol. The highest BCUT2D eigenvalue weighted by atomic mass is 16.3. The van der Waals surface area contributed by atoms with Crippen molar-refractivity contribution in [2.24, 2.45) is 34.5 Å². The second-order valence-electron chi connectivity index (χ2n) is 9.09. The van der Waals surface area contributed by atoms with Crippen LogP contribution in [-0.4, -0.2) is 17.0 Å². The molecule has 118 valence electrons.